The Morgan fingerprint density at radius 3 is 2.80 bits per heavy atom. The Labute approximate surface area is 142 Å². The summed E-state index contributed by atoms with van der Waals surface area (Å²) in [5.41, 5.74) is 0.991. The van der Waals surface area contributed by atoms with Gasteiger partial charge < -0.3 is 10.0 Å². The van der Waals surface area contributed by atoms with Crippen molar-refractivity contribution in [3.8, 4) is 0 Å². The highest BCUT2D eigenvalue weighted by atomic mass is 19.4. The number of H-pyrrole nitrogens is 1. The molecule has 8 heteroatoms. The van der Waals surface area contributed by atoms with Crippen molar-refractivity contribution in [2.24, 2.45) is 0 Å². The molecule has 0 radical (unpaired) electrons. The van der Waals surface area contributed by atoms with Crippen molar-refractivity contribution in [1.82, 2.24) is 15.1 Å². The van der Waals surface area contributed by atoms with E-state index in [1.807, 2.05) is 6.92 Å². The van der Waals surface area contributed by atoms with Crippen LogP contribution in [0.4, 0.5) is 13.2 Å². The van der Waals surface area contributed by atoms with E-state index in [4.69, 9.17) is 0 Å². The number of β-amino-alcohol motifs (C(OH)–C–C–N with tert-alkyl or cyclic N) is 1. The Bertz CT molecular complexity index is 772. The molecule has 25 heavy (non-hydrogen) atoms. The van der Waals surface area contributed by atoms with Crippen molar-refractivity contribution in [3.63, 3.8) is 0 Å². The van der Waals surface area contributed by atoms with E-state index >= 15 is 0 Å². The largest absolute Gasteiger partial charge is 0.416 e. The number of aryl methyl sites for hydroxylation is 1. The molecule has 1 aromatic carbocycles. The Morgan fingerprint density at radius 2 is 2.16 bits per heavy atom. The maximum Gasteiger partial charge on any atom is 0.416 e. The van der Waals surface area contributed by atoms with Gasteiger partial charge >= 0.3 is 6.18 Å². The second-order valence-electron chi connectivity index (χ2n) is 6.29. The number of aliphatic hydroxyl groups excluding tert-OH is 1. The van der Waals surface area contributed by atoms with Gasteiger partial charge in [0.2, 0.25) is 5.91 Å². The van der Waals surface area contributed by atoms with E-state index in [0.29, 0.717) is 11.3 Å². The van der Waals surface area contributed by atoms with Crippen LogP contribution in [-0.4, -0.2) is 38.8 Å². The minimum atomic E-state index is -4.45. The number of alkyl halides is 3. The van der Waals surface area contributed by atoms with Crippen LogP contribution < -0.4 is 0 Å². The monoisotopic (exact) mass is 353 g/mol. The van der Waals surface area contributed by atoms with Gasteiger partial charge in [0, 0.05) is 12.2 Å². The van der Waals surface area contributed by atoms with E-state index in [1.165, 1.54) is 11.0 Å². The molecular formula is C17H18F3N3O2. The summed E-state index contributed by atoms with van der Waals surface area (Å²) in [6.45, 7) is 1.91. The topological polar surface area (TPSA) is 69.2 Å². The van der Waals surface area contributed by atoms with Gasteiger partial charge in [-0.3, -0.25) is 9.89 Å². The number of aliphatic hydroxyl groups is 1. The first-order valence-corrected chi connectivity index (χ1v) is 7.89. The lowest BCUT2D eigenvalue weighted by atomic mass is 10.0. The average Bonchev–Trinajstić information content (AvgIpc) is 3.12. The summed E-state index contributed by atoms with van der Waals surface area (Å²) in [7, 11) is 0. The molecule has 134 valence electrons. The molecule has 2 unspecified atom stereocenters. The van der Waals surface area contributed by atoms with E-state index in [2.05, 4.69) is 10.2 Å². The van der Waals surface area contributed by atoms with E-state index in [-0.39, 0.29) is 25.3 Å². The van der Waals surface area contributed by atoms with Gasteiger partial charge in [0.15, 0.2) is 0 Å². The van der Waals surface area contributed by atoms with Crippen LogP contribution in [0.3, 0.4) is 0 Å². The number of aromatic nitrogens is 2. The molecule has 1 amide bonds. The Hall–Kier alpha value is -2.35. The minimum absolute atomic E-state index is 0.0342. The summed E-state index contributed by atoms with van der Waals surface area (Å²) < 4.78 is 38.8. The molecule has 0 aliphatic carbocycles. The van der Waals surface area contributed by atoms with Crippen LogP contribution in [0.5, 0.6) is 0 Å². The molecular weight excluding hydrogens is 335 g/mol. The van der Waals surface area contributed by atoms with Crippen molar-refractivity contribution in [3.05, 3.63) is 52.8 Å². The SMILES string of the molecule is Cc1cc(CC(=O)N2CC(O)CC2c2cccc(C(F)(F)F)c2)n[nH]1. The molecule has 3 rings (SSSR count). The number of rotatable bonds is 3. The molecule has 2 aromatic rings. The highest BCUT2D eigenvalue weighted by Crippen LogP contribution is 2.36. The van der Waals surface area contributed by atoms with Crippen LogP contribution in [0.25, 0.3) is 0 Å². The maximum absolute atomic E-state index is 12.9. The Kier molecular flexibility index (Phi) is 4.55. The molecule has 1 aliphatic rings. The molecule has 1 aliphatic heterocycles. The van der Waals surface area contributed by atoms with Gasteiger partial charge in [-0.25, -0.2) is 0 Å². The van der Waals surface area contributed by atoms with Crippen LogP contribution in [0.2, 0.25) is 0 Å². The van der Waals surface area contributed by atoms with Gasteiger partial charge in [0.25, 0.3) is 0 Å². The normalized spacial score (nSPS) is 20.9. The third-order valence-electron chi connectivity index (χ3n) is 4.29. The van der Waals surface area contributed by atoms with E-state index in [1.54, 1.807) is 12.1 Å². The molecule has 1 saturated heterocycles. The fraction of sp³-hybridized carbons (Fsp3) is 0.412. The zero-order valence-electron chi connectivity index (χ0n) is 13.5. The smallest absolute Gasteiger partial charge is 0.391 e. The number of aromatic amines is 1. The van der Waals surface area contributed by atoms with Gasteiger partial charge in [0.1, 0.15) is 0 Å². The second kappa shape index (κ2) is 6.51. The number of likely N-dealkylation sites (tertiary alicyclic amines) is 1. The lowest BCUT2D eigenvalue weighted by Gasteiger charge is -2.25. The first-order chi connectivity index (χ1) is 11.7. The molecule has 0 saturated carbocycles. The van der Waals surface area contributed by atoms with Gasteiger partial charge in [-0.05, 0) is 37.1 Å². The van der Waals surface area contributed by atoms with Crippen molar-refractivity contribution < 1.29 is 23.1 Å². The molecule has 2 atom stereocenters. The van der Waals surface area contributed by atoms with Crippen molar-refractivity contribution >= 4 is 5.91 Å². The van der Waals surface area contributed by atoms with Crippen molar-refractivity contribution in [1.29, 1.82) is 0 Å². The fourth-order valence-corrected chi connectivity index (χ4v) is 3.15. The summed E-state index contributed by atoms with van der Waals surface area (Å²) in [6.07, 6.45) is -4.96. The zero-order chi connectivity index (χ0) is 18.2. The number of nitrogens with one attached hydrogen (secondary N) is 1. The Morgan fingerprint density at radius 1 is 1.40 bits per heavy atom. The Balaban J connectivity index is 1.83. The predicted octanol–water partition coefficient (Wildman–Crippen LogP) is 2.61. The third-order valence-corrected chi connectivity index (χ3v) is 4.29. The van der Waals surface area contributed by atoms with E-state index in [9.17, 15) is 23.1 Å². The van der Waals surface area contributed by atoms with Crippen molar-refractivity contribution in [2.45, 2.75) is 38.1 Å². The lowest BCUT2D eigenvalue weighted by Crippen LogP contribution is -2.33. The second-order valence-corrected chi connectivity index (χ2v) is 6.29. The number of carbonyl (C=O) groups is 1. The number of nitrogens with zero attached hydrogens (tertiary/aromatic N) is 2. The van der Waals surface area contributed by atoms with Crippen LogP contribution in [0.15, 0.2) is 30.3 Å². The van der Waals surface area contributed by atoms with Gasteiger partial charge in [-0.15, -0.1) is 0 Å². The molecule has 5 nitrogen and oxygen atoms in total. The van der Waals surface area contributed by atoms with Crippen LogP contribution in [-0.2, 0) is 17.4 Å². The molecule has 2 N–H and O–H groups in total. The fourth-order valence-electron chi connectivity index (χ4n) is 3.15. The van der Waals surface area contributed by atoms with Crippen LogP contribution in [0.1, 0.15) is 35.0 Å². The van der Waals surface area contributed by atoms with Gasteiger partial charge in [0.05, 0.1) is 29.8 Å². The highest BCUT2D eigenvalue weighted by Gasteiger charge is 2.37. The maximum atomic E-state index is 12.9. The number of hydrogen-bond acceptors (Lipinski definition) is 3. The third kappa shape index (κ3) is 3.84. The molecule has 2 heterocycles. The zero-order valence-corrected chi connectivity index (χ0v) is 13.5. The molecule has 1 fully saturated rings. The van der Waals surface area contributed by atoms with Crippen LogP contribution in [0, 0.1) is 6.92 Å². The van der Waals surface area contributed by atoms with Gasteiger partial charge in [-0.2, -0.15) is 18.3 Å². The van der Waals surface area contributed by atoms with Gasteiger partial charge in [-0.1, -0.05) is 12.1 Å². The number of halogens is 3. The highest BCUT2D eigenvalue weighted by molar-refractivity contribution is 5.79. The summed E-state index contributed by atoms with van der Waals surface area (Å²) in [5.74, 6) is -0.273. The molecule has 1 aromatic heterocycles. The molecule has 0 spiro atoms. The quantitative estimate of drug-likeness (QED) is 0.891. The number of hydrogen-bond donors (Lipinski definition) is 2. The summed E-state index contributed by atoms with van der Waals surface area (Å²) in [5, 5.41) is 16.7. The predicted molar refractivity (Wildman–Crippen MR) is 83.6 cm³/mol. The summed E-state index contributed by atoms with van der Waals surface area (Å²) >= 11 is 0. The summed E-state index contributed by atoms with van der Waals surface area (Å²) in [6, 6.07) is 6.07. The number of carbonyl (C=O) groups excluding carboxylic acids is 1. The first-order valence-electron chi connectivity index (χ1n) is 7.89. The minimum Gasteiger partial charge on any atom is -0.391 e. The standard InChI is InChI=1S/C17H18F3N3O2/c1-10-5-13(22-21-10)7-16(25)23-9-14(24)8-15(23)11-3-2-4-12(6-11)17(18,19)20/h2-6,14-15,24H,7-9H2,1H3,(H,21,22). The average molecular weight is 353 g/mol. The van der Waals surface area contributed by atoms with Crippen molar-refractivity contribution in [2.75, 3.05) is 6.54 Å². The summed E-state index contributed by atoms with van der Waals surface area (Å²) in [4.78, 5) is 14.0. The van der Waals surface area contributed by atoms with E-state index < -0.39 is 23.9 Å². The lowest BCUT2D eigenvalue weighted by molar-refractivity contribution is -0.137. The van der Waals surface area contributed by atoms with Crippen LogP contribution >= 0.6 is 0 Å². The number of benzene rings is 1. The molecule has 0 bridgehead atoms. The first kappa shape index (κ1) is 17.5. The van der Waals surface area contributed by atoms with E-state index in [0.717, 1.165) is 17.8 Å². The number of amides is 1.